The second-order valence-corrected chi connectivity index (χ2v) is 20.5. The van der Waals surface area contributed by atoms with Crippen molar-refractivity contribution < 1.29 is 38.0 Å². The van der Waals surface area contributed by atoms with Crippen LogP contribution in [0.25, 0.3) is 0 Å². The van der Waals surface area contributed by atoms with Crippen molar-refractivity contribution in [3.63, 3.8) is 0 Å². The number of benzene rings is 3. The fourth-order valence-electron chi connectivity index (χ4n) is 8.01. The van der Waals surface area contributed by atoms with E-state index >= 15 is 0 Å². The molecule has 14 heteroatoms. The van der Waals surface area contributed by atoms with Crippen LogP contribution in [-0.2, 0) is 29.9 Å². The second kappa shape index (κ2) is 24.5. The van der Waals surface area contributed by atoms with E-state index in [2.05, 4.69) is 110 Å². The van der Waals surface area contributed by atoms with Gasteiger partial charge in [-0.1, -0.05) is 168 Å². The molecule has 3 aliphatic rings. The summed E-state index contributed by atoms with van der Waals surface area (Å²) in [6, 6.07) is 31.4. The van der Waals surface area contributed by atoms with E-state index < -0.39 is 0 Å². The number of aliphatic hydroxyl groups excluding tert-OH is 1. The van der Waals surface area contributed by atoms with Gasteiger partial charge in [-0.15, -0.1) is 0 Å². The van der Waals surface area contributed by atoms with Gasteiger partial charge in [0.2, 0.25) is 0 Å². The molecule has 6 aromatic rings. The third-order valence-electron chi connectivity index (χ3n) is 10.3. The Morgan fingerprint density at radius 2 is 0.969 bits per heavy atom. The number of nitrogens with zero attached hydrogens (tertiary/aromatic N) is 6. The van der Waals surface area contributed by atoms with Crippen LogP contribution in [0.1, 0.15) is 151 Å². The van der Waals surface area contributed by atoms with Crippen molar-refractivity contribution in [2.75, 3.05) is 6.61 Å². The van der Waals surface area contributed by atoms with Crippen molar-refractivity contribution in [2.45, 2.75) is 144 Å². The Morgan fingerprint density at radius 1 is 0.609 bits per heavy atom. The van der Waals surface area contributed by atoms with Gasteiger partial charge < -0.3 is 23.5 Å². The molecule has 0 spiro atoms. The minimum atomic E-state index is -0.310. The molecule has 6 heterocycles. The van der Waals surface area contributed by atoms with E-state index in [1.807, 2.05) is 100 Å². The van der Waals surface area contributed by atoms with Gasteiger partial charge in [0, 0.05) is 32.8 Å². The normalized spacial score (nSPS) is 18.3. The number of imidazole rings is 3. The predicted octanol–water partition coefficient (Wildman–Crippen LogP) is 12.6. The molecule has 9 rings (SSSR count). The first-order valence-electron chi connectivity index (χ1n) is 22.0. The fraction of sp³-hybridized carbons (Fsp3) is 0.420. The molecule has 0 fully saturated rings. The van der Waals surface area contributed by atoms with Gasteiger partial charge in [0.05, 0.1) is 55.6 Å². The molecule has 10 nitrogen and oxygen atoms in total. The van der Waals surface area contributed by atoms with Crippen LogP contribution in [0.5, 0.6) is 0 Å². The standard InChI is InChI=1S/C16H18N2O2S.C14H16N2OS.C14H14N2OS.3C2H6.V/c1-4-20-14(19)12-10-17-15-18(12)13(16(2,3)21-15)11-8-6-5-7-9-11;2*1-14(2)12(10-6-4-3-5-7-10)16-11(9-17)8-15-13(16)18-14;3*1-2;/h5-10,13H,4H2,1-3H3;3-8,12,17H,9H2,1-2H3;3-9,12H,1-2H3;3*1-2H3;. The Morgan fingerprint density at radius 3 is 1.38 bits per heavy atom. The minimum absolute atomic E-state index is 0. The Bertz CT molecular complexity index is 2350. The summed E-state index contributed by atoms with van der Waals surface area (Å²) in [5.41, 5.74) is 5.72. The Kier molecular flexibility index (Phi) is 20.8. The van der Waals surface area contributed by atoms with E-state index in [0.29, 0.717) is 18.0 Å². The molecule has 0 saturated carbocycles. The smallest absolute Gasteiger partial charge is 0.356 e. The number of aldehydes is 1. The van der Waals surface area contributed by atoms with Gasteiger partial charge in [0.25, 0.3) is 0 Å². The average Bonchev–Trinajstić information content (AvgIpc) is 4.13. The quantitative estimate of drug-likeness (QED) is 0.122. The van der Waals surface area contributed by atoms with Gasteiger partial charge in [-0.05, 0) is 65.2 Å². The number of carbonyl (C=O) groups excluding carboxylic acids is 2. The summed E-state index contributed by atoms with van der Waals surface area (Å²) in [6.45, 7) is 27.4. The zero-order valence-corrected chi connectivity index (χ0v) is 43.5. The molecule has 1 N–H and O–H groups in total. The molecular weight excluding hydrogens is 896 g/mol. The van der Waals surface area contributed by atoms with Crippen LogP contribution in [0.2, 0.25) is 0 Å². The number of thioether (sulfide) groups is 3. The van der Waals surface area contributed by atoms with Gasteiger partial charge in [-0.25, -0.2) is 19.7 Å². The zero-order valence-electron chi connectivity index (χ0n) is 39.6. The van der Waals surface area contributed by atoms with Crippen molar-refractivity contribution in [3.05, 3.63) is 143 Å². The molecule has 343 valence electrons. The Hall–Kier alpha value is -3.98. The van der Waals surface area contributed by atoms with Gasteiger partial charge in [0.1, 0.15) is 11.4 Å². The third kappa shape index (κ3) is 11.7. The number of hydrogen-bond acceptors (Lipinski definition) is 10. The Labute approximate surface area is 406 Å². The maximum absolute atomic E-state index is 12.2. The number of carbonyl (C=O) groups is 2. The van der Waals surface area contributed by atoms with Crippen LogP contribution in [-0.4, -0.2) is 66.9 Å². The van der Waals surface area contributed by atoms with Gasteiger partial charge >= 0.3 is 5.97 Å². The molecular formula is C50H66N6O4S3V. The summed E-state index contributed by atoms with van der Waals surface area (Å²) in [5, 5.41) is 12.3. The molecule has 3 aromatic heterocycles. The summed E-state index contributed by atoms with van der Waals surface area (Å²) in [4.78, 5) is 36.4. The van der Waals surface area contributed by atoms with Crippen LogP contribution < -0.4 is 0 Å². The van der Waals surface area contributed by atoms with Gasteiger partial charge in [-0.2, -0.15) is 0 Å². The number of aliphatic hydroxyl groups is 1. The fourth-order valence-corrected chi connectivity index (χ4v) is 11.7. The molecule has 3 aromatic carbocycles. The first-order chi connectivity index (χ1) is 30.3. The SMILES string of the molecule is CC.CC.CC.CC1(C)Sc2ncc(C=O)n2C1c1ccccc1.CC1(C)Sc2ncc(CO)n2C1c1ccccc1.CCOC(=O)c1cnc2n1C(c1ccccc1)C(C)(C)S2.[V]. The van der Waals surface area contributed by atoms with E-state index in [-0.39, 0.29) is 63.5 Å². The summed E-state index contributed by atoms with van der Waals surface area (Å²) >= 11 is 5.20. The Balaban J connectivity index is 0.000000240. The van der Waals surface area contributed by atoms with E-state index in [1.165, 1.54) is 16.7 Å². The van der Waals surface area contributed by atoms with Crippen molar-refractivity contribution >= 4 is 47.5 Å². The monoisotopic (exact) mass is 961 g/mol. The van der Waals surface area contributed by atoms with Crippen LogP contribution >= 0.6 is 35.3 Å². The number of hydrogen-bond donors (Lipinski definition) is 1. The number of aromatic nitrogens is 6. The first-order valence-corrected chi connectivity index (χ1v) is 24.4. The van der Waals surface area contributed by atoms with E-state index in [9.17, 15) is 14.7 Å². The van der Waals surface area contributed by atoms with Gasteiger partial charge in [0.15, 0.2) is 21.8 Å². The van der Waals surface area contributed by atoms with Crippen LogP contribution in [0.4, 0.5) is 0 Å². The minimum Gasteiger partial charge on any atom is -0.461 e. The van der Waals surface area contributed by atoms with Gasteiger partial charge in [-0.3, -0.25) is 4.79 Å². The summed E-state index contributed by atoms with van der Waals surface area (Å²) < 4.78 is 11.4. The van der Waals surface area contributed by atoms with Crippen LogP contribution in [0.3, 0.4) is 0 Å². The van der Waals surface area contributed by atoms with Crippen LogP contribution in [0, 0.1) is 0 Å². The first kappa shape index (κ1) is 54.4. The summed E-state index contributed by atoms with van der Waals surface area (Å²) in [5.74, 6) is -0.310. The topological polar surface area (TPSA) is 117 Å². The third-order valence-corrected chi connectivity index (χ3v) is 14.0. The average molecular weight is 962 g/mol. The van der Waals surface area contributed by atoms with E-state index in [1.54, 1.807) is 53.9 Å². The molecule has 0 amide bonds. The number of esters is 1. The molecule has 3 aliphatic heterocycles. The molecule has 1 radical (unpaired) electrons. The molecule has 0 aliphatic carbocycles. The predicted molar refractivity (Wildman–Crippen MR) is 262 cm³/mol. The van der Waals surface area contributed by atoms with Crippen LogP contribution in [0.15, 0.2) is 125 Å². The maximum Gasteiger partial charge on any atom is 0.356 e. The summed E-state index contributed by atoms with van der Waals surface area (Å²) in [7, 11) is 0. The van der Waals surface area contributed by atoms with E-state index in [4.69, 9.17) is 4.74 Å². The number of rotatable bonds is 7. The number of fused-ring (bicyclic) bond motifs is 3. The van der Waals surface area contributed by atoms with Crippen molar-refractivity contribution in [1.82, 2.24) is 28.7 Å². The van der Waals surface area contributed by atoms with Crippen molar-refractivity contribution in [3.8, 4) is 0 Å². The molecule has 0 bridgehead atoms. The molecule has 64 heavy (non-hydrogen) atoms. The van der Waals surface area contributed by atoms with Crippen molar-refractivity contribution in [1.29, 1.82) is 0 Å². The number of ether oxygens (including phenoxy) is 1. The molecule has 3 unspecified atom stereocenters. The van der Waals surface area contributed by atoms with E-state index in [0.717, 1.165) is 27.4 Å². The largest absolute Gasteiger partial charge is 0.461 e. The maximum atomic E-state index is 12.2. The molecule has 0 saturated heterocycles. The molecule has 3 atom stereocenters. The second-order valence-electron chi connectivity index (χ2n) is 15.6. The zero-order chi connectivity index (χ0) is 46.5. The summed E-state index contributed by atoms with van der Waals surface area (Å²) in [6.07, 6.45) is 5.92. The van der Waals surface area contributed by atoms with Crippen molar-refractivity contribution in [2.24, 2.45) is 0 Å².